The van der Waals surface area contributed by atoms with E-state index in [1.807, 2.05) is 17.8 Å². The van der Waals surface area contributed by atoms with Crippen molar-refractivity contribution in [2.24, 2.45) is 4.99 Å². The second-order valence-corrected chi connectivity index (χ2v) is 3.14. The van der Waals surface area contributed by atoms with Crippen LogP contribution < -0.4 is 4.72 Å². The van der Waals surface area contributed by atoms with Crippen molar-refractivity contribution in [2.75, 3.05) is 0 Å². The van der Waals surface area contributed by atoms with Gasteiger partial charge < -0.3 is 4.72 Å². The normalized spacial score (nSPS) is 22.9. The minimum atomic E-state index is -0.0312. The third-order valence-corrected chi connectivity index (χ3v) is 1.55. The molecule has 3 heteroatoms. The summed E-state index contributed by atoms with van der Waals surface area (Å²) in [6.07, 6.45) is 3.95. The maximum atomic E-state index is 4.24. The van der Waals surface area contributed by atoms with Gasteiger partial charge in [-0.3, -0.25) is 4.99 Å². The Morgan fingerprint density at radius 2 is 2.33 bits per heavy atom. The van der Waals surface area contributed by atoms with Gasteiger partial charge in [0.15, 0.2) is 0 Å². The molecule has 0 fully saturated rings. The Morgan fingerprint density at radius 1 is 1.56 bits per heavy atom. The van der Waals surface area contributed by atoms with E-state index in [0.717, 1.165) is 0 Å². The summed E-state index contributed by atoms with van der Waals surface area (Å²) in [6, 6.07) is 0. The van der Waals surface area contributed by atoms with Crippen LogP contribution in [0, 0.1) is 0 Å². The van der Waals surface area contributed by atoms with Crippen LogP contribution in [-0.2, 0) is 0 Å². The second-order valence-electron chi connectivity index (χ2n) is 2.46. The Hall–Kier alpha value is -0.440. The molecule has 0 aromatic carbocycles. The monoisotopic (exact) mass is 142 g/mol. The fourth-order valence-electron chi connectivity index (χ4n) is 0.513. The fraction of sp³-hybridized carbons (Fsp3) is 0.500. The quantitative estimate of drug-likeness (QED) is 0.519. The molecule has 0 amide bonds. The third-order valence-electron chi connectivity index (χ3n) is 1.07. The molecule has 0 radical (unpaired) electrons. The van der Waals surface area contributed by atoms with E-state index in [2.05, 4.69) is 23.6 Å². The van der Waals surface area contributed by atoms with E-state index in [4.69, 9.17) is 0 Å². The van der Waals surface area contributed by atoms with Gasteiger partial charge in [-0.2, -0.15) is 0 Å². The van der Waals surface area contributed by atoms with Crippen LogP contribution in [-0.4, -0.2) is 11.1 Å². The van der Waals surface area contributed by atoms with Crippen LogP contribution in [0.4, 0.5) is 0 Å². The molecule has 0 saturated carbocycles. The van der Waals surface area contributed by atoms with E-state index in [1.165, 1.54) is 11.9 Å². The highest BCUT2D eigenvalue weighted by Crippen LogP contribution is 2.12. The van der Waals surface area contributed by atoms with Crippen molar-refractivity contribution in [2.45, 2.75) is 19.4 Å². The zero-order chi connectivity index (χ0) is 6.74. The largest absolute Gasteiger partial charge is 0.332 e. The Morgan fingerprint density at radius 3 is 3.11 bits per heavy atom. The lowest BCUT2D eigenvalue weighted by Crippen LogP contribution is -2.10. The molecule has 1 aliphatic rings. The highest BCUT2D eigenvalue weighted by molar-refractivity contribution is 8.10. The average Bonchev–Trinajstić information content (AvgIpc) is 1.92. The molecule has 0 aromatic rings. The summed E-state index contributed by atoms with van der Waals surface area (Å²) in [6.45, 7) is 4.13. The predicted molar refractivity (Wildman–Crippen MR) is 42.4 cm³/mol. The van der Waals surface area contributed by atoms with E-state index < -0.39 is 0 Å². The Balaban J connectivity index is 2.70. The van der Waals surface area contributed by atoms with E-state index >= 15 is 0 Å². The molecule has 1 aliphatic heterocycles. The minimum Gasteiger partial charge on any atom is -0.332 e. The van der Waals surface area contributed by atoms with Gasteiger partial charge in [-0.25, -0.2) is 0 Å². The molecule has 0 atom stereocenters. The molecular weight excluding hydrogens is 132 g/mol. The zero-order valence-corrected chi connectivity index (χ0v) is 6.40. The van der Waals surface area contributed by atoms with E-state index in [-0.39, 0.29) is 5.54 Å². The van der Waals surface area contributed by atoms with Gasteiger partial charge in [-0.15, -0.1) is 0 Å². The first-order valence-corrected chi connectivity index (χ1v) is 3.71. The highest BCUT2D eigenvalue weighted by Gasteiger charge is 2.10. The molecule has 0 aliphatic carbocycles. The molecule has 0 bridgehead atoms. The van der Waals surface area contributed by atoms with Crippen molar-refractivity contribution in [3.63, 3.8) is 0 Å². The van der Waals surface area contributed by atoms with Crippen molar-refractivity contribution >= 4 is 17.5 Å². The van der Waals surface area contributed by atoms with Crippen LogP contribution in [0.3, 0.4) is 0 Å². The van der Waals surface area contributed by atoms with Gasteiger partial charge in [0.25, 0.3) is 0 Å². The third kappa shape index (κ3) is 2.10. The van der Waals surface area contributed by atoms with Crippen molar-refractivity contribution in [3.05, 3.63) is 12.3 Å². The molecule has 0 spiro atoms. The Kier molecular flexibility index (Phi) is 1.81. The lowest BCUT2D eigenvalue weighted by Gasteiger charge is -2.10. The average molecular weight is 142 g/mol. The summed E-state index contributed by atoms with van der Waals surface area (Å²) < 4.78 is 2.99. The van der Waals surface area contributed by atoms with Crippen LogP contribution >= 0.6 is 11.9 Å². The SMILES string of the molecule is CC1(C)C=CNSC=N1. The number of aliphatic imine (C=N–C) groups is 1. The number of hydrogen-bond acceptors (Lipinski definition) is 3. The topological polar surface area (TPSA) is 24.4 Å². The molecule has 9 heavy (non-hydrogen) atoms. The van der Waals surface area contributed by atoms with E-state index in [9.17, 15) is 0 Å². The summed E-state index contributed by atoms with van der Waals surface area (Å²) >= 11 is 1.49. The predicted octanol–water partition coefficient (Wildman–Crippen LogP) is 1.56. The van der Waals surface area contributed by atoms with Crippen LogP contribution in [0.2, 0.25) is 0 Å². The summed E-state index contributed by atoms with van der Waals surface area (Å²) in [5, 5.41) is 0. The molecule has 0 unspecified atom stereocenters. The Bertz CT molecular complexity index is 133. The smallest absolute Gasteiger partial charge is 0.0760 e. The van der Waals surface area contributed by atoms with E-state index in [1.54, 1.807) is 0 Å². The second kappa shape index (κ2) is 2.43. The van der Waals surface area contributed by atoms with Crippen molar-refractivity contribution in [3.8, 4) is 0 Å². The van der Waals surface area contributed by atoms with Crippen molar-refractivity contribution < 1.29 is 0 Å². The van der Waals surface area contributed by atoms with Crippen LogP contribution in [0.15, 0.2) is 17.3 Å². The van der Waals surface area contributed by atoms with Gasteiger partial charge in [0.1, 0.15) is 0 Å². The van der Waals surface area contributed by atoms with Gasteiger partial charge in [0.05, 0.1) is 11.1 Å². The molecule has 1 heterocycles. The van der Waals surface area contributed by atoms with Crippen LogP contribution in [0.1, 0.15) is 13.8 Å². The highest BCUT2D eigenvalue weighted by atomic mass is 32.2. The molecule has 0 aromatic heterocycles. The van der Waals surface area contributed by atoms with Crippen LogP contribution in [0.5, 0.6) is 0 Å². The van der Waals surface area contributed by atoms with Crippen molar-refractivity contribution in [1.29, 1.82) is 0 Å². The van der Waals surface area contributed by atoms with Gasteiger partial charge in [-0.1, -0.05) is 0 Å². The fourth-order valence-corrected chi connectivity index (χ4v) is 1.04. The molecule has 0 saturated heterocycles. The zero-order valence-electron chi connectivity index (χ0n) is 5.59. The maximum absolute atomic E-state index is 4.24. The first-order chi connectivity index (χ1) is 4.21. The summed E-state index contributed by atoms with van der Waals surface area (Å²) in [7, 11) is 0. The standard InChI is InChI=1S/C6H10N2S/c1-6(2)3-4-8-9-5-7-6/h3-5,8H,1-2H3. The first-order valence-electron chi connectivity index (χ1n) is 2.83. The summed E-state index contributed by atoms with van der Waals surface area (Å²) in [5.74, 6) is 0. The molecular formula is C6H10N2S. The van der Waals surface area contributed by atoms with Crippen LogP contribution in [0.25, 0.3) is 0 Å². The Labute approximate surface area is 59.6 Å². The van der Waals surface area contributed by atoms with Crippen molar-refractivity contribution in [1.82, 2.24) is 4.72 Å². The lowest BCUT2D eigenvalue weighted by molar-refractivity contribution is 0.661. The number of rotatable bonds is 0. The number of nitrogens with one attached hydrogen (secondary N) is 1. The number of hydrogen-bond donors (Lipinski definition) is 1. The molecule has 2 nitrogen and oxygen atoms in total. The number of nitrogens with zero attached hydrogens (tertiary/aromatic N) is 1. The van der Waals surface area contributed by atoms with Gasteiger partial charge >= 0.3 is 0 Å². The maximum Gasteiger partial charge on any atom is 0.0760 e. The first kappa shape index (κ1) is 6.68. The van der Waals surface area contributed by atoms with E-state index in [0.29, 0.717) is 0 Å². The van der Waals surface area contributed by atoms with Gasteiger partial charge in [0, 0.05) is 6.20 Å². The molecule has 1 rings (SSSR count). The summed E-state index contributed by atoms with van der Waals surface area (Å²) in [5.41, 5.74) is 1.79. The van der Waals surface area contributed by atoms with Gasteiger partial charge in [-0.05, 0) is 31.9 Å². The molecule has 50 valence electrons. The molecule has 1 N–H and O–H groups in total. The summed E-state index contributed by atoms with van der Waals surface area (Å²) in [4.78, 5) is 4.24. The minimum absolute atomic E-state index is 0.0312. The lowest BCUT2D eigenvalue weighted by atomic mass is 10.1. The van der Waals surface area contributed by atoms with Gasteiger partial charge in [0.2, 0.25) is 0 Å².